The van der Waals surface area contributed by atoms with Crippen LogP contribution < -0.4 is 4.90 Å². The maximum atomic E-state index is 12.9. The van der Waals surface area contributed by atoms with Gasteiger partial charge in [-0.25, -0.2) is 0 Å². The lowest BCUT2D eigenvalue weighted by atomic mass is 10.1. The third kappa shape index (κ3) is 4.00. The van der Waals surface area contributed by atoms with Crippen molar-refractivity contribution in [1.82, 2.24) is 19.5 Å². The van der Waals surface area contributed by atoms with E-state index in [-0.39, 0.29) is 5.56 Å². The first-order valence-corrected chi connectivity index (χ1v) is 9.42. The number of rotatable bonds is 2. The second-order valence-corrected chi connectivity index (χ2v) is 7.22. The standard InChI is InChI=1S/C19H17ClF3N5O/c20-15-5-6-16-24-25-18(28(16)12-15)27-8-2-7-26(9-10-27)17(29)13-3-1-4-14(11-13)19(21,22)23/h1,3-6,11-12H,2,7-10H2. The largest absolute Gasteiger partial charge is 0.416 e. The number of carbonyl (C=O) groups is 1. The molecule has 1 saturated heterocycles. The summed E-state index contributed by atoms with van der Waals surface area (Å²) in [6, 6.07) is 8.02. The molecule has 2 aromatic heterocycles. The van der Waals surface area contributed by atoms with Crippen LogP contribution in [0.25, 0.3) is 5.65 Å². The monoisotopic (exact) mass is 423 g/mol. The number of fused-ring (bicyclic) bond motifs is 1. The SMILES string of the molecule is O=C(c1cccc(C(F)(F)F)c1)N1CCCN(c2nnc3ccc(Cl)cn23)CC1. The zero-order valence-corrected chi connectivity index (χ0v) is 16.0. The topological polar surface area (TPSA) is 53.7 Å². The van der Waals surface area contributed by atoms with E-state index in [2.05, 4.69) is 10.2 Å². The van der Waals surface area contributed by atoms with Gasteiger partial charge in [-0.05, 0) is 36.8 Å². The van der Waals surface area contributed by atoms with Crippen molar-refractivity contribution in [3.63, 3.8) is 0 Å². The third-order valence-corrected chi connectivity index (χ3v) is 5.07. The van der Waals surface area contributed by atoms with Gasteiger partial charge in [0.15, 0.2) is 5.65 Å². The number of benzene rings is 1. The van der Waals surface area contributed by atoms with Crippen LogP contribution in [0.4, 0.5) is 19.1 Å². The maximum Gasteiger partial charge on any atom is 0.416 e. The van der Waals surface area contributed by atoms with Gasteiger partial charge in [0.2, 0.25) is 5.95 Å². The average Bonchev–Trinajstić information content (AvgIpc) is 2.95. The van der Waals surface area contributed by atoms with Crippen molar-refractivity contribution in [2.45, 2.75) is 12.6 Å². The van der Waals surface area contributed by atoms with Gasteiger partial charge in [0, 0.05) is 37.9 Å². The van der Waals surface area contributed by atoms with Gasteiger partial charge in [-0.15, -0.1) is 10.2 Å². The highest BCUT2D eigenvalue weighted by molar-refractivity contribution is 6.30. The van der Waals surface area contributed by atoms with Crippen LogP contribution in [0.1, 0.15) is 22.3 Å². The molecular formula is C19H17ClF3N5O. The Morgan fingerprint density at radius 1 is 1.03 bits per heavy atom. The summed E-state index contributed by atoms with van der Waals surface area (Å²) in [6.45, 7) is 1.94. The Kier molecular flexibility index (Phi) is 5.08. The smallest absolute Gasteiger partial charge is 0.339 e. The molecule has 0 bridgehead atoms. The lowest BCUT2D eigenvalue weighted by molar-refractivity contribution is -0.137. The van der Waals surface area contributed by atoms with Gasteiger partial charge < -0.3 is 9.80 Å². The van der Waals surface area contributed by atoms with Crippen LogP contribution in [0.5, 0.6) is 0 Å². The van der Waals surface area contributed by atoms with Crippen LogP contribution in [-0.4, -0.2) is 51.6 Å². The molecule has 1 fully saturated rings. The third-order valence-electron chi connectivity index (χ3n) is 4.85. The minimum atomic E-state index is -4.48. The number of pyridine rings is 1. The predicted octanol–water partition coefficient (Wildman–Crippen LogP) is 3.75. The van der Waals surface area contributed by atoms with E-state index in [4.69, 9.17) is 11.6 Å². The lowest BCUT2D eigenvalue weighted by Crippen LogP contribution is -2.35. The fourth-order valence-corrected chi connectivity index (χ4v) is 3.56. The summed E-state index contributed by atoms with van der Waals surface area (Å²) in [5.74, 6) is 0.211. The predicted molar refractivity (Wildman–Crippen MR) is 102 cm³/mol. The normalized spacial score (nSPS) is 15.6. The number of amides is 1. The van der Waals surface area contributed by atoms with Crippen molar-refractivity contribution in [3.8, 4) is 0 Å². The Balaban J connectivity index is 1.51. The van der Waals surface area contributed by atoms with Crippen molar-refractivity contribution in [2.24, 2.45) is 0 Å². The molecule has 0 spiro atoms. The fraction of sp³-hybridized carbons (Fsp3) is 0.316. The van der Waals surface area contributed by atoms with Crippen molar-refractivity contribution in [2.75, 3.05) is 31.1 Å². The molecule has 6 nitrogen and oxygen atoms in total. The number of alkyl halides is 3. The maximum absolute atomic E-state index is 12.9. The molecule has 1 aromatic carbocycles. The quantitative estimate of drug-likeness (QED) is 0.630. The number of halogens is 4. The Bertz CT molecular complexity index is 1050. The lowest BCUT2D eigenvalue weighted by Gasteiger charge is -2.22. The van der Waals surface area contributed by atoms with Crippen LogP contribution in [0, 0.1) is 0 Å². The zero-order valence-electron chi connectivity index (χ0n) is 15.2. The van der Waals surface area contributed by atoms with Gasteiger partial charge in [0.1, 0.15) is 0 Å². The Morgan fingerprint density at radius 3 is 2.66 bits per heavy atom. The fourth-order valence-electron chi connectivity index (χ4n) is 3.40. The van der Waals surface area contributed by atoms with Crippen molar-refractivity contribution >= 4 is 29.1 Å². The van der Waals surface area contributed by atoms with Gasteiger partial charge in [-0.2, -0.15) is 13.2 Å². The van der Waals surface area contributed by atoms with E-state index in [0.29, 0.717) is 49.2 Å². The van der Waals surface area contributed by atoms with Crippen molar-refractivity contribution in [1.29, 1.82) is 0 Å². The van der Waals surface area contributed by atoms with E-state index in [0.717, 1.165) is 12.1 Å². The van der Waals surface area contributed by atoms with Gasteiger partial charge >= 0.3 is 6.18 Å². The molecule has 0 N–H and O–H groups in total. The molecule has 0 saturated carbocycles. The van der Waals surface area contributed by atoms with Crippen molar-refractivity contribution in [3.05, 3.63) is 58.7 Å². The molecule has 0 aliphatic carbocycles. The first kappa shape index (κ1) is 19.5. The van der Waals surface area contributed by atoms with Gasteiger partial charge in [-0.3, -0.25) is 9.20 Å². The molecule has 4 rings (SSSR count). The summed E-state index contributed by atoms with van der Waals surface area (Å²) in [7, 11) is 0. The number of carbonyl (C=O) groups excluding carboxylic acids is 1. The van der Waals surface area contributed by atoms with Crippen LogP contribution in [-0.2, 0) is 6.18 Å². The summed E-state index contributed by atoms with van der Waals surface area (Å²) >= 11 is 6.07. The van der Waals surface area contributed by atoms with E-state index in [9.17, 15) is 18.0 Å². The molecule has 3 heterocycles. The molecule has 152 valence electrons. The first-order valence-electron chi connectivity index (χ1n) is 9.05. The van der Waals surface area contributed by atoms with Crippen molar-refractivity contribution < 1.29 is 18.0 Å². The summed E-state index contributed by atoms with van der Waals surface area (Å²) in [4.78, 5) is 16.3. The van der Waals surface area contributed by atoms with E-state index in [1.165, 1.54) is 12.1 Å². The second-order valence-electron chi connectivity index (χ2n) is 6.79. The molecule has 1 amide bonds. The second kappa shape index (κ2) is 7.55. The average molecular weight is 424 g/mol. The van der Waals surface area contributed by atoms with Crippen LogP contribution in [0.2, 0.25) is 5.02 Å². The highest BCUT2D eigenvalue weighted by atomic mass is 35.5. The van der Waals surface area contributed by atoms with E-state index in [1.807, 2.05) is 4.90 Å². The number of aromatic nitrogens is 3. The summed E-state index contributed by atoms with van der Waals surface area (Å²) < 4.78 is 40.6. The van der Waals surface area contributed by atoms with Gasteiger partial charge in [0.05, 0.1) is 10.6 Å². The summed E-state index contributed by atoms with van der Waals surface area (Å²) in [6.07, 6.45) is -2.11. The van der Waals surface area contributed by atoms with E-state index < -0.39 is 17.6 Å². The zero-order chi connectivity index (χ0) is 20.6. The Labute approximate surface area is 169 Å². The molecule has 0 unspecified atom stereocenters. The number of hydrogen-bond donors (Lipinski definition) is 0. The highest BCUT2D eigenvalue weighted by Gasteiger charge is 2.31. The minimum Gasteiger partial charge on any atom is -0.339 e. The van der Waals surface area contributed by atoms with E-state index >= 15 is 0 Å². The molecule has 29 heavy (non-hydrogen) atoms. The number of anilines is 1. The molecular weight excluding hydrogens is 407 g/mol. The molecule has 0 atom stereocenters. The summed E-state index contributed by atoms with van der Waals surface area (Å²) in [5, 5.41) is 8.90. The molecule has 1 aliphatic rings. The van der Waals surface area contributed by atoms with Gasteiger partial charge in [-0.1, -0.05) is 17.7 Å². The van der Waals surface area contributed by atoms with Crippen LogP contribution >= 0.6 is 11.6 Å². The highest BCUT2D eigenvalue weighted by Crippen LogP contribution is 2.30. The molecule has 0 radical (unpaired) electrons. The molecule has 10 heteroatoms. The first-order chi connectivity index (χ1) is 13.8. The van der Waals surface area contributed by atoms with Gasteiger partial charge in [0.25, 0.3) is 5.91 Å². The molecule has 1 aliphatic heterocycles. The molecule has 3 aromatic rings. The Hall–Kier alpha value is -2.81. The summed E-state index contributed by atoms with van der Waals surface area (Å²) in [5.41, 5.74) is -0.134. The number of nitrogens with zero attached hydrogens (tertiary/aromatic N) is 5. The van der Waals surface area contributed by atoms with E-state index in [1.54, 1.807) is 27.6 Å². The van der Waals surface area contributed by atoms with Crippen LogP contribution in [0.3, 0.4) is 0 Å². The minimum absolute atomic E-state index is 0.0352. The number of hydrogen-bond acceptors (Lipinski definition) is 4. The van der Waals surface area contributed by atoms with Crippen LogP contribution in [0.15, 0.2) is 42.6 Å². The Morgan fingerprint density at radius 2 is 1.86 bits per heavy atom.